The van der Waals surface area contributed by atoms with Crippen LogP contribution in [0.3, 0.4) is 0 Å². The van der Waals surface area contributed by atoms with Crippen molar-refractivity contribution in [3.63, 3.8) is 0 Å². The highest BCUT2D eigenvalue weighted by molar-refractivity contribution is 7.98. The second kappa shape index (κ2) is 9.52. The Balaban J connectivity index is 1.23. The predicted octanol–water partition coefficient (Wildman–Crippen LogP) is 5.04. The molecule has 0 aliphatic carbocycles. The number of carbonyl (C=O) groups is 3. The molecule has 2 heterocycles. The Hall–Kier alpha value is -3.91. The zero-order valence-electron chi connectivity index (χ0n) is 18.1. The van der Waals surface area contributed by atoms with Crippen LogP contribution in [0.2, 0.25) is 0 Å². The lowest BCUT2D eigenvalue weighted by Crippen LogP contribution is -2.20. The van der Waals surface area contributed by atoms with Gasteiger partial charge in [0.25, 0.3) is 5.22 Å². The second-order valence-corrected chi connectivity index (χ2v) is 8.74. The summed E-state index contributed by atoms with van der Waals surface area (Å²) >= 11 is 1.38. The lowest BCUT2D eigenvalue weighted by Gasteiger charge is -2.17. The van der Waals surface area contributed by atoms with Crippen LogP contribution in [0.1, 0.15) is 38.3 Å². The second-order valence-electron chi connectivity index (χ2n) is 7.81. The van der Waals surface area contributed by atoms with Crippen LogP contribution in [0.15, 0.2) is 76.4 Å². The van der Waals surface area contributed by atoms with E-state index in [0.717, 1.165) is 22.3 Å². The van der Waals surface area contributed by atoms with Crippen LogP contribution in [0.4, 0.5) is 5.69 Å². The van der Waals surface area contributed by atoms with E-state index in [2.05, 4.69) is 10.3 Å². The molecule has 34 heavy (non-hydrogen) atoms. The molecule has 1 aliphatic rings. The number of ketones is 1. The molecule has 7 nitrogen and oxygen atoms in total. The van der Waals surface area contributed by atoms with Gasteiger partial charge in [0.1, 0.15) is 5.52 Å². The minimum absolute atomic E-state index is 0.0339. The third-order valence-corrected chi connectivity index (χ3v) is 6.40. The zero-order chi connectivity index (χ0) is 23.5. The number of nitrogens with zero attached hydrogens (tertiary/aromatic N) is 1. The summed E-state index contributed by atoms with van der Waals surface area (Å²) in [6, 6.07) is 19.7. The fourth-order valence-corrected chi connectivity index (χ4v) is 4.59. The van der Waals surface area contributed by atoms with Gasteiger partial charge in [0, 0.05) is 23.4 Å². The van der Waals surface area contributed by atoms with E-state index in [1.807, 2.05) is 36.4 Å². The summed E-state index contributed by atoms with van der Waals surface area (Å²) in [4.78, 5) is 41.3. The minimum atomic E-state index is -0.563. The maximum absolute atomic E-state index is 12.8. The molecule has 0 radical (unpaired) electrons. The molecule has 170 valence electrons. The molecular formula is C26H20N2O5S. The summed E-state index contributed by atoms with van der Waals surface area (Å²) in [7, 11) is 0. The largest absolute Gasteiger partial charge is 0.454 e. The Morgan fingerprint density at radius 1 is 1.03 bits per heavy atom. The smallest absolute Gasteiger partial charge is 0.338 e. The molecule has 1 amide bonds. The number of thioether (sulfide) groups is 1. The molecule has 8 heteroatoms. The molecule has 0 saturated heterocycles. The van der Waals surface area contributed by atoms with E-state index in [1.165, 1.54) is 11.8 Å². The number of benzene rings is 3. The van der Waals surface area contributed by atoms with Gasteiger partial charge in [-0.15, -0.1) is 0 Å². The van der Waals surface area contributed by atoms with Crippen molar-refractivity contribution in [2.75, 3.05) is 11.9 Å². The van der Waals surface area contributed by atoms with Crippen LogP contribution >= 0.6 is 11.8 Å². The summed E-state index contributed by atoms with van der Waals surface area (Å²) < 4.78 is 11.1. The third kappa shape index (κ3) is 4.72. The van der Waals surface area contributed by atoms with Gasteiger partial charge in [-0.25, -0.2) is 9.78 Å². The summed E-state index contributed by atoms with van der Waals surface area (Å²) in [6.07, 6.45) is 0.963. The molecule has 4 aromatic rings. The van der Waals surface area contributed by atoms with Crippen LogP contribution in [0, 0.1) is 0 Å². The molecule has 0 bridgehead atoms. The van der Waals surface area contributed by atoms with E-state index in [1.54, 1.807) is 30.3 Å². The Bertz CT molecular complexity index is 1380. The lowest BCUT2D eigenvalue weighted by atomic mass is 9.99. The third-order valence-electron chi connectivity index (χ3n) is 5.52. The van der Waals surface area contributed by atoms with Gasteiger partial charge in [-0.1, -0.05) is 42.1 Å². The number of esters is 1. The topological polar surface area (TPSA) is 98.5 Å². The zero-order valence-corrected chi connectivity index (χ0v) is 18.9. The number of aryl methyl sites for hydroxylation is 1. The minimum Gasteiger partial charge on any atom is -0.454 e. The van der Waals surface area contributed by atoms with Crippen LogP contribution in [-0.4, -0.2) is 29.3 Å². The van der Waals surface area contributed by atoms with Gasteiger partial charge in [0.15, 0.2) is 18.0 Å². The number of nitrogens with one attached hydrogen (secondary N) is 1. The molecule has 0 spiro atoms. The van der Waals surface area contributed by atoms with E-state index in [0.29, 0.717) is 40.5 Å². The van der Waals surface area contributed by atoms with Crippen molar-refractivity contribution in [2.45, 2.75) is 23.8 Å². The van der Waals surface area contributed by atoms with E-state index in [9.17, 15) is 14.4 Å². The normalized spacial score (nSPS) is 12.8. The maximum Gasteiger partial charge on any atom is 0.338 e. The number of oxazole rings is 1. The Morgan fingerprint density at radius 3 is 2.74 bits per heavy atom. The number of aromatic nitrogens is 1. The highest BCUT2D eigenvalue weighted by Gasteiger charge is 2.19. The summed E-state index contributed by atoms with van der Waals surface area (Å²) in [5, 5.41) is 3.30. The number of para-hydroxylation sites is 2. The number of hydrogen-bond acceptors (Lipinski definition) is 7. The van der Waals surface area contributed by atoms with Gasteiger partial charge in [0.2, 0.25) is 5.91 Å². The number of anilines is 1. The summed E-state index contributed by atoms with van der Waals surface area (Å²) in [5.74, 6) is -0.435. The van der Waals surface area contributed by atoms with Crippen molar-refractivity contribution in [3.05, 3.63) is 89.0 Å². The first-order valence-electron chi connectivity index (χ1n) is 10.8. The molecule has 1 N–H and O–H groups in total. The van der Waals surface area contributed by atoms with Gasteiger partial charge in [-0.3, -0.25) is 9.59 Å². The van der Waals surface area contributed by atoms with Gasteiger partial charge < -0.3 is 14.5 Å². The molecule has 0 fully saturated rings. The summed E-state index contributed by atoms with van der Waals surface area (Å²) in [6.45, 7) is -0.364. The van der Waals surface area contributed by atoms with Gasteiger partial charge >= 0.3 is 5.97 Å². The number of amides is 1. The lowest BCUT2D eigenvalue weighted by molar-refractivity contribution is -0.116. The van der Waals surface area contributed by atoms with Gasteiger partial charge in [0.05, 0.1) is 5.56 Å². The molecule has 5 rings (SSSR count). The Kier molecular flexibility index (Phi) is 6.14. The van der Waals surface area contributed by atoms with Crippen LogP contribution in [-0.2, 0) is 21.7 Å². The molecule has 1 aromatic heterocycles. The van der Waals surface area contributed by atoms with Crippen LogP contribution < -0.4 is 5.32 Å². The average Bonchev–Trinajstić information content (AvgIpc) is 3.29. The molecule has 0 unspecified atom stereocenters. The van der Waals surface area contributed by atoms with Crippen molar-refractivity contribution in [1.29, 1.82) is 0 Å². The monoisotopic (exact) mass is 472 g/mol. The predicted molar refractivity (Wildman–Crippen MR) is 128 cm³/mol. The summed E-state index contributed by atoms with van der Waals surface area (Å²) in [5.41, 5.74) is 4.71. The first-order chi connectivity index (χ1) is 16.6. The first kappa shape index (κ1) is 21.9. The number of fused-ring (bicyclic) bond motifs is 2. The van der Waals surface area contributed by atoms with E-state index >= 15 is 0 Å². The van der Waals surface area contributed by atoms with Crippen molar-refractivity contribution in [3.8, 4) is 0 Å². The molecular weight excluding hydrogens is 452 g/mol. The highest BCUT2D eigenvalue weighted by atomic mass is 32.2. The fraction of sp³-hybridized carbons (Fsp3) is 0.154. The number of Topliss-reactive ketones (excluding diaryl/α,β-unsaturated/α-hetero) is 1. The van der Waals surface area contributed by atoms with Crippen molar-refractivity contribution in [2.24, 2.45) is 0 Å². The highest BCUT2D eigenvalue weighted by Crippen LogP contribution is 2.28. The quantitative estimate of drug-likeness (QED) is 0.228. The van der Waals surface area contributed by atoms with E-state index in [-0.39, 0.29) is 18.3 Å². The van der Waals surface area contributed by atoms with Gasteiger partial charge in [-0.05, 0) is 53.9 Å². The average molecular weight is 473 g/mol. The van der Waals surface area contributed by atoms with E-state index in [4.69, 9.17) is 9.15 Å². The Morgan fingerprint density at radius 2 is 1.85 bits per heavy atom. The fourth-order valence-electron chi connectivity index (χ4n) is 3.75. The van der Waals surface area contributed by atoms with Crippen LogP contribution in [0.25, 0.3) is 11.1 Å². The molecule has 0 atom stereocenters. The number of hydrogen-bond donors (Lipinski definition) is 1. The number of ether oxygens (including phenoxy) is 1. The molecule has 1 aliphatic heterocycles. The van der Waals surface area contributed by atoms with Gasteiger partial charge in [-0.2, -0.15) is 0 Å². The Labute approximate surface area is 199 Å². The van der Waals surface area contributed by atoms with Crippen LogP contribution in [0.5, 0.6) is 0 Å². The maximum atomic E-state index is 12.8. The number of carbonyl (C=O) groups excluding carboxylic acids is 3. The number of rotatable bonds is 7. The van der Waals surface area contributed by atoms with Crippen molar-refractivity contribution in [1.82, 2.24) is 4.98 Å². The SMILES string of the molecule is O=C1CCc2cc(C(=O)COC(=O)c3ccccc3CSc3nc4ccccc4o3)ccc2N1. The van der Waals surface area contributed by atoms with Crippen molar-refractivity contribution < 1.29 is 23.5 Å². The standard InChI is InChI=1S/C26H20N2O5S/c29-22(17-9-11-20-16(13-17)10-12-24(30)27-20)14-32-25(31)19-6-2-1-5-18(19)15-34-26-28-21-7-3-4-8-23(21)33-26/h1-9,11,13H,10,12,14-15H2,(H,27,30). The van der Waals surface area contributed by atoms with Crippen molar-refractivity contribution >= 4 is 46.2 Å². The molecule has 0 saturated carbocycles. The van der Waals surface area contributed by atoms with E-state index < -0.39 is 5.97 Å². The first-order valence-corrected chi connectivity index (χ1v) is 11.7. The molecule has 3 aromatic carbocycles.